The number of halogens is 2. The molecule has 0 aliphatic heterocycles. The van der Waals surface area contributed by atoms with Crippen molar-refractivity contribution in [3.05, 3.63) is 28.5 Å². The molecule has 6 heteroatoms. The molecule has 0 unspecified atom stereocenters. The van der Waals surface area contributed by atoms with Crippen LogP contribution in [0.15, 0.2) is 18.2 Å². The number of aromatic nitrogens is 2. The molecule has 1 heterocycles. The van der Waals surface area contributed by atoms with E-state index in [0.29, 0.717) is 11.3 Å². The number of ether oxygens (including phenoxy) is 1. The lowest BCUT2D eigenvalue weighted by atomic mass is 10.2. The smallest absolute Gasteiger partial charge is 0.261 e. The minimum Gasteiger partial charge on any atom is -0.374 e. The predicted molar refractivity (Wildman–Crippen MR) is 68.7 cm³/mol. The van der Waals surface area contributed by atoms with Gasteiger partial charge < -0.3 is 14.3 Å². The van der Waals surface area contributed by atoms with Crippen LogP contribution in [0.5, 0.6) is 0 Å². The van der Waals surface area contributed by atoms with Gasteiger partial charge in [0.15, 0.2) is 4.77 Å². The number of H-pyrrole nitrogens is 1. The number of para-hydroxylation sites is 1. The van der Waals surface area contributed by atoms with Gasteiger partial charge in [-0.1, -0.05) is 12.1 Å². The summed E-state index contributed by atoms with van der Waals surface area (Å²) in [6, 6.07) is 5.87. The van der Waals surface area contributed by atoms with E-state index in [4.69, 9.17) is 17.0 Å². The molecule has 0 fully saturated rings. The molecule has 3 nitrogen and oxygen atoms in total. The van der Waals surface area contributed by atoms with Crippen molar-refractivity contribution in [3.8, 4) is 0 Å². The van der Waals surface area contributed by atoms with Crippen molar-refractivity contribution in [2.75, 3.05) is 13.2 Å². The molecule has 0 amide bonds. The number of imidazole rings is 1. The molecule has 2 aromatic rings. The maximum Gasteiger partial charge on any atom is 0.261 e. The van der Waals surface area contributed by atoms with Crippen LogP contribution in [0.25, 0.3) is 11.0 Å². The van der Waals surface area contributed by atoms with Gasteiger partial charge in [0.05, 0.1) is 17.6 Å². The Bertz CT molecular complexity index is 591. The zero-order valence-corrected chi connectivity index (χ0v) is 10.8. The number of aryl methyl sites for hydroxylation is 1. The van der Waals surface area contributed by atoms with E-state index < -0.39 is 13.0 Å². The molecule has 0 radical (unpaired) electrons. The number of nitrogens with zero attached hydrogens (tertiary/aromatic N) is 1. The van der Waals surface area contributed by atoms with Crippen LogP contribution in [0.4, 0.5) is 8.78 Å². The molecule has 0 spiro atoms. The van der Waals surface area contributed by atoms with E-state index in [0.717, 1.165) is 16.6 Å². The van der Waals surface area contributed by atoms with E-state index in [1.165, 1.54) is 0 Å². The van der Waals surface area contributed by atoms with Crippen LogP contribution >= 0.6 is 12.2 Å². The molecule has 0 atom stereocenters. The van der Waals surface area contributed by atoms with Crippen LogP contribution in [0.2, 0.25) is 0 Å². The first-order chi connectivity index (χ1) is 8.59. The number of benzene rings is 1. The summed E-state index contributed by atoms with van der Waals surface area (Å²) in [5, 5.41) is 0. The van der Waals surface area contributed by atoms with Gasteiger partial charge in [-0.3, -0.25) is 0 Å². The monoisotopic (exact) mass is 272 g/mol. The third-order valence-corrected chi connectivity index (χ3v) is 3.02. The highest BCUT2D eigenvalue weighted by Crippen LogP contribution is 2.18. The van der Waals surface area contributed by atoms with Crippen molar-refractivity contribution in [2.45, 2.75) is 19.9 Å². The zero-order valence-electron chi connectivity index (χ0n) is 9.95. The lowest BCUT2D eigenvalue weighted by Crippen LogP contribution is -2.11. The van der Waals surface area contributed by atoms with Gasteiger partial charge in [-0.25, -0.2) is 8.78 Å². The van der Waals surface area contributed by atoms with Gasteiger partial charge in [0.1, 0.15) is 6.61 Å². The molecular weight excluding hydrogens is 258 g/mol. The highest BCUT2D eigenvalue weighted by Gasteiger charge is 2.07. The molecule has 2 rings (SSSR count). The first-order valence-electron chi connectivity index (χ1n) is 5.63. The van der Waals surface area contributed by atoms with Gasteiger partial charge >= 0.3 is 0 Å². The van der Waals surface area contributed by atoms with Crippen LogP contribution in [0.1, 0.15) is 5.56 Å². The average Bonchev–Trinajstić information content (AvgIpc) is 2.62. The first kappa shape index (κ1) is 13.2. The fourth-order valence-corrected chi connectivity index (χ4v) is 2.24. The second-order valence-corrected chi connectivity index (χ2v) is 4.41. The summed E-state index contributed by atoms with van der Waals surface area (Å²) in [4.78, 5) is 3.09. The zero-order chi connectivity index (χ0) is 13.1. The summed E-state index contributed by atoms with van der Waals surface area (Å²) in [6.45, 7) is 2.15. The maximum absolute atomic E-state index is 11.9. The SMILES string of the molecule is Cc1cccc2[nH]c(=S)n(CCOCC(F)F)c12. The molecule has 0 saturated carbocycles. The van der Waals surface area contributed by atoms with Crippen LogP contribution in [0.3, 0.4) is 0 Å². The van der Waals surface area contributed by atoms with E-state index in [-0.39, 0.29) is 6.61 Å². The van der Waals surface area contributed by atoms with E-state index in [1.54, 1.807) is 0 Å². The van der Waals surface area contributed by atoms with Crippen molar-refractivity contribution in [1.29, 1.82) is 0 Å². The van der Waals surface area contributed by atoms with Crippen molar-refractivity contribution in [3.63, 3.8) is 0 Å². The number of rotatable bonds is 5. The second kappa shape index (κ2) is 5.58. The Morgan fingerprint density at radius 2 is 2.22 bits per heavy atom. The fourth-order valence-electron chi connectivity index (χ4n) is 1.94. The minimum atomic E-state index is -2.43. The molecule has 0 aliphatic carbocycles. The van der Waals surface area contributed by atoms with Gasteiger partial charge in [0.2, 0.25) is 0 Å². The van der Waals surface area contributed by atoms with Gasteiger partial charge in [-0.2, -0.15) is 0 Å². The third kappa shape index (κ3) is 2.76. The lowest BCUT2D eigenvalue weighted by Gasteiger charge is -2.07. The van der Waals surface area contributed by atoms with Crippen molar-refractivity contribution in [2.24, 2.45) is 0 Å². The minimum absolute atomic E-state index is 0.222. The molecule has 0 aliphatic rings. The molecule has 0 saturated heterocycles. The van der Waals surface area contributed by atoms with Gasteiger partial charge in [0, 0.05) is 6.54 Å². The Morgan fingerprint density at radius 3 is 2.94 bits per heavy atom. The molecule has 0 bridgehead atoms. The molecular formula is C12H14F2N2OS. The van der Waals surface area contributed by atoms with Gasteiger partial charge in [-0.15, -0.1) is 0 Å². The van der Waals surface area contributed by atoms with E-state index in [9.17, 15) is 8.78 Å². The number of hydrogen-bond donors (Lipinski definition) is 1. The highest BCUT2D eigenvalue weighted by molar-refractivity contribution is 7.71. The summed E-state index contributed by atoms with van der Waals surface area (Å²) in [6.07, 6.45) is -2.43. The summed E-state index contributed by atoms with van der Waals surface area (Å²) in [7, 11) is 0. The summed E-state index contributed by atoms with van der Waals surface area (Å²) in [5.41, 5.74) is 3.05. The van der Waals surface area contributed by atoms with Gasteiger partial charge in [0.25, 0.3) is 6.43 Å². The molecule has 1 aromatic carbocycles. The van der Waals surface area contributed by atoms with E-state index >= 15 is 0 Å². The fraction of sp³-hybridized carbons (Fsp3) is 0.417. The normalized spacial score (nSPS) is 11.6. The Labute approximate surface area is 108 Å². The van der Waals surface area contributed by atoms with E-state index in [1.807, 2.05) is 29.7 Å². The Hall–Kier alpha value is -1.27. The molecule has 18 heavy (non-hydrogen) atoms. The quantitative estimate of drug-likeness (QED) is 0.668. The lowest BCUT2D eigenvalue weighted by molar-refractivity contribution is 0.0149. The highest BCUT2D eigenvalue weighted by atomic mass is 32.1. The number of fused-ring (bicyclic) bond motifs is 1. The van der Waals surface area contributed by atoms with Crippen LogP contribution in [-0.2, 0) is 11.3 Å². The van der Waals surface area contributed by atoms with Crippen molar-refractivity contribution < 1.29 is 13.5 Å². The third-order valence-electron chi connectivity index (χ3n) is 2.70. The van der Waals surface area contributed by atoms with Crippen molar-refractivity contribution in [1.82, 2.24) is 9.55 Å². The van der Waals surface area contributed by atoms with Crippen molar-refractivity contribution >= 4 is 23.3 Å². The number of aromatic amines is 1. The second-order valence-electron chi connectivity index (χ2n) is 4.02. The first-order valence-corrected chi connectivity index (χ1v) is 6.04. The summed E-state index contributed by atoms with van der Waals surface area (Å²) in [5.74, 6) is 0. The van der Waals surface area contributed by atoms with Crippen LogP contribution in [-0.4, -0.2) is 29.2 Å². The van der Waals surface area contributed by atoms with Crippen LogP contribution in [0, 0.1) is 11.7 Å². The summed E-state index contributed by atoms with van der Waals surface area (Å²) < 4.78 is 31.2. The average molecular weight is 272 g/mol. The Balaban J connectivity index is 2.17. The standard InChI is InChI=1S/C12H14F2N2OS/c1-8-3-2-4-9-11(8)16(12(18)15-9)5-6-17-7-10(13)14/h2-4,10H,5-7H2,1H3,(H,15,18). The van der Waals surface area contributed by atoms with Crippen LogP contribution < -0.4 is 0 Å². The summed E-state index contributed by atoms with van der Waals surface area (Å²) >= 11 is 5.22. The Morgan fingerprint density at radius 1 is 1.44 bits per heavy atom. The maximum atomic E-state index is 11.9. The molecule has 98 valence electrons. The predicted octanol–water partition coefficient (Wildman–Crippen LogP) is 3.29. The Kier molecular flexibility index (Phi) is 4.08. The molecule has 1 aromatic heterocycles. The number of nitrogens with one attached hydrogen (secondary N) is 1. The number of alkyl halides is 2. The number of hydrogen-bond acceptors (Lipinski definition) is 2. The van der Waals surface area contributed by atoms with E-state index in [2.05, 4.69) is 4.98 Å². The molecule has 1 N–H and O–H groups in total. The van der Waals surface area contributed by atoms with Gasteiger partial charge in [-0.05, 0) is 30.8 Å². The topological polar surface area (TPSA) is 29.9 Å². The largest absolute Gasteiger partial charge is 0.374 e.